The van der Waals surface area contributed by atoms with Crippen molar-refractivity contribution in [1.29, 1.82) is 0 Å². The maximum atomic E-state index is 12.6. The predicted molar refractivity (Wildman–Crippen MR) is 122 cm³/mol. The van der Waals surface area contributed by atoms with E-state index in [4.69, 9.17) is 25.8 Å². The first kappa shape index (κ1) is 22.8. The summed E-state index contributed by atoms with van der Waals surface area (Å²) in [7, 11) is 4.63. The van der Waals surface area contributed by atoms with E-state index in [-0.39, 0.29) is 11.7 Å². The Bertz CT molecular complexity index is 1070. The Hall–Kier alpha value is -2.91. The van der Waals surface area contributed by atoms with Gasteiger partial charge in [-0.25, -0.2) is 0 Å². The number of halogens is 1. The molecule has 1 amide bonds. The number of methoxy groups -OCH3 is 3. The van der Waals surface area contributed by atoms with Gasteiger partial charge < -0.3 is 24.1 Å². The number of carbonyl (C=O) groups excluding carboxylic acids is 1. The van der Waals surface area contributed by atoms with E-state index in [1.54, 1.807) is 19.2 Å². The number of nitrogens with zero attached hydrogens (tertiary/aromatic N) is 3. The van der Waals surface area contributed by atoms with Gasteiger partial charge >= 0.3 is 0 Å². The van der Waals surface area contributed by atoms with Crippen molar-refractivity contribution in [2.75, 3.05) is 32.4 Å². The van der Waals surface area contributed by atoms with Crippen LogP contribution in [-0.2, 0) is 11.3 Å². The highest BCUT2D eigenvalue weighted by Gasteiger charge is 2.18. The van der Waals surface area contributed by atoms with Crippen LogP contribution in [0.3, 0.4) is 0 Å². The van der Waals surface area contributed by atoms with E-state index in [0.29, 0.717) is 45.5 Å². The number of nitrogens with one attached hydrogen (secondary N) is 1. The summed E-state index contributed by atoms with van der Waals surface area (Å²) in [5, 5.41) is 12.4. The maximum absolute atomic E-state index is 12.6. The lowest BCUT2D eigenvalue weighted by Gasteiger charge is -2.13. The SMILES string of the molecule is CCn1c(SCC(=O)Nc2cc(OC)c(Cl)cc2OC)nnc1-c1ccccc1OC. The fourth-order valence-electron chi connectivity index (χ4n) is 2.98. The number of thioether (sulfide) groups is 1. The summed E-state index contributed by atoms with van der Waals surface area (Å²) in [5.74, 6) is 2.20. The third-order valence-corrected chi connectivity index (χ3v) is 5.72. The summed E-state index contributed by atoms with van der Waals surface area (Å²) in [6.45, 7) is 2.64. The monoisotopic (exact) mass is 462 g/mol. The number of ether oxygens (including phenoxy) is 3. The maximum Gasteiger partial charge on any atom is 0.234 e. The van der Waals surface area contributed by atoms with Crippen molar-refractivity contribution in [1.82, 2.24) is 14.8 Å². The van der Waals surface area contributed by atoms with Crippen molar-refractivity contribution >= 4 is 35.0 Å². The third kappa shape index (κ3) is 5.05. The first-order chi connectivity index (χ1) is 15.0. The topological polar surface area (TPSA) is 87.5 Å². The van der Waals surface area contributed by atoms with Crippen LogP contribution in [0.4, 0.5) is 5.69 Å². The summed E-state index contributed by atoms with van der Waals surface area (Å²) in [5.41, 5.74) is 1.31. The molecule has 1 aromatic heterocycles. The molecule has 0 radical (unpaired) electrons. The lowest BCUT2D eigenvalue weighted by atomic mass is 10.2. The van der Waals surface area contributed by atoms with E-state index in [9.17, 15) is 4.79 Å². The molecule has 0 spiro atoms. The minimum atomic E-state index is -0.225. The number of benzene rings is 2. The van der Waals surface area contributed by atoms with Crippen LogP contribution < -0.4 is 19.5 Å². The highest BCUT2D eigenvalue weighted by atomic mass is 35.5. The van der Waals surface area contributed by atoms with E-state index in [1.807, 2.05) is 35.8 Å². The van der Waals surface area contributed by atoms with Crippen molar-refractivity contribution in [3.8, 4) is 28.6 Å². The number of hydrogen-bond acceptors (Lipinski definition) is 7. The minimum Gasteiger partial charge on any atom is -0.496 e. The van der Waals surface area contributed by atoms with E-state index < -0.39 is 0 Å². The first-order valence-electron chi connectivity index (χ1n) is 9.43. The van der Waals surface area contributed by atoms with Crippen molar-refractivity contribution in [3.05, 3.63) is 41.4 Å². The molecule has 2 aromatic carbocycles. The second kappa shape index (κ2) is 10.4. The van der Waals surface area contributed by atoms with Gasteiger partial charge in [-0.2, -0.15) is 0 Å². The zero-order valence-corrected chi connectivity index (χ0v) is 19.2. The van der Waals surface area contributed by atoms with Crippen LogP contribution in [0, 0.1) is 0 Å². The largest absolute Gasteiger partial charge is 0.496 e. The van der Waals surface area contributed by atoms with Crippen LogP contribution in [0.5, 0.6) is 17.2 Å². The molecule has 0 aliphatic rings. The molecule has 0 unspecified atom stereocenters. The van der Waals surface area contributed by atoms with Crippen molar-refractivity contribution in [2.24, 2.45) is 0 Å². The summed E-state index contributed by atoms with van der Waals surface area (Å²) in [6, 6.07) is 10.8. The van der Waals surface area contributed by atoms with Gasteiger partial charge in [0.15, 0.2) is 11.0 Å². The van der Waals surface area contributed by atoms with E-state index >= 15 is 0 Å². The second-order valence-electron chi connectivity index (χ2n) is 6.27. The quantitative estimate of drug-likeness (QED) is 0.472. The summed E-state index contributed by atoms with van der Waals surface area (Å²) in [4.78, 5) is 12.6. The van der Waals surface area contributed by atoms with E-state index in [2.05, 4.69) is 15.5 Å². The van der Waals surface area contributed by atoms with Crippen LogP contribution in [0.15, 0.2) is 41.6 Å². The molecule has 0 saturated heterocycles. The molecule has 3 rings (SSSR count). The second-order valence-corrected chi connectivity index (χ2v) is 7.62. The molecule has 1 heterocycles. The highest BCUT2D eigenvalue weighted by molar-refractivity contribution is 7.99. The van der Waals surface area contributed by atoms with Crippen LogP contribution in [0.2, 0.25) is 5.02 Å². The van der Waals surface area contributed by atoms with Gasteiger partial charge in [0.05, 0.1) is 43.4 Å². The summed E-state index contributed by atoms with van der Waals surface area (Å²) in [6.07, 6.45) is 0. The fraction of sp³-hybridized carbons (Fsp3) is 0.286. The average Bonchev–Trinajstić information content (AvgIpc) is 3.21. The smallest absolute Gasteiger partial charge is 0.234 e. The van der Waals surface area contributed by atoms with Gasteiger partial charge in [0, 0.05) is 18.7 Å². The molecule has 0 saturated carbocycles. The van der Waals surface area contributed by atoms with Crippen LogP contribution in [-0.4, -0.2) is 47.8 Å². The van der Waals surface area contributed by atoms with Crippen LogP contribution in [0.25, 0.3) is 11.4 Å². The van der Waals surface area contributed by atoms with Gasteiger partial charge in [-0.05, 0) is 19.1 Å². The van der Waals surface area contributed by atoms with Crippen molar-refractivity contribution in [2.45, 2.75) is 18.6 Å². The molecule has 3 aromatic rings. The lowest BCUT2D eigenvalue weighted by Crippen LogP contribution is -2.15. The molecule has 0 atom stereocenters. The average molecular weight is 463 g/mol. The Morgan fingerprint density at radius 2 is 1.77 bits per heavy atom. The van der Waals surface area contributed by atoms with Gasteiger partial charge in [-0.1, -0.05) is 35.5 Å². The summed E-state index contributed by atoms with van der Waals surface area (Å²) >= 11 is 7.41. The predicted octanol–water partition coefficient (Wildman–Crippen LogP) is 4.38. The fourth-order valence-corrected chi connectivity index (χ4v) is 4.02. The number of hydrogen-bond donors (Lipinski definition) is 1. The minimum absolute atomic E-state index is 0.137. The molecule has 164 valence electrons. The number of carbonyl (C=O) groups is 1. The zero-order chi connectivity index (χ0) is 22.4. The van der Waals surface area contributed by atoms with E-state index in [1.165, 1.54) is 26.0 Å². The third-order valence-electron chi connectivity index (χ3n) is 4.46. The normalized spacial score (nSPS) is 10.6. The van der Waals surface area contributed by atoms with Gasteiger partial charge in [-0.15, -0.1) is 10.2 Å². The van der Waals surface area contributed by atoms with Gasteiger partial charge in [0.25, 0.3) is 0 Å². The Labute approximate surface area is 189 Å². The molecule has 0 aliphatic carbocycles. The molecule has 8 nitrogen and oxygen atoms in total. The Balaban J connectivity index is 1.75. The van der Waals surface area contributed by atoms with Crippen LogP contribution >= 0.6 is 23.4 Å². The molecular formula is C21H23ClN4O4S. The van der Waals surface area contributed by atoms with Gasteiger partial charge in [-0.3, -0.25) is 4.79 Å². The number of para-hydroxylation sites is 1. The Kier molecular flexibility index (Phi) is 7.64. The van der Waals surface area contributed by atoms with Gasteiger partial charge in [0.2, 0.25) is 5.91 Å². The molecule has 31 heavy (non-hydrogen) atoms. The number of aromatic nitrogens is 3. The first-order valence-corrected chi connectivity index (χ1v) is 10.8. The molecular weight excluding hydrogens is 440 g/mol. The summed E-state index contributed by atoms with van der Waals surface area (Å²) < 4.78 is 17.9. The number of amides is 1. The van der Waals surface area contributed by atoms with Crippen LogP contribution in [0.1, 0.15) is 6.92 Å². The number of rotatable bonds is 9. The molecule has 0 fully saturated rings. The zero-order valence-electron chi connectivity index (χ0n) is 17.6. The Morgan fingerprint density at radius 1 is 1.06 bits per heavy atom. The lowest BCUT2D eigenvalue weighted by molar-refractivity contribution is -0.113. The number of anilines is 1. The molecule has 0 bridgehead atoms. The Morgan fingerprint density at radius 3 is 2.45 bits per heavy atom. The molecule has 0 aliphatic heterocycles. The van der Waals surface area contributed by atoms with Crippen molar-refractivity contribution in [3.63, 3.8) is 0 Å². The highest BCUT2D eigenvalue weighted by Crippen LogP contribution is 2.36. The van der Waals surface area contributed by atoms with Gasteiger partial charge in [0.1, 0.15) is 17.2 Å². The standard InChI is InChI=1S/C21H23ClN4O4S/c1-5-26-20(13-8-6-7-9-16(13)28-2)24-25-21(26)31-12-19(27)23-15-11-17(29-3)14(22)10-18(15)30-4/h6-11H,5,12H2,1-4H3,(H,23,27). The molecule has 10 heteroatoms. The van der Waals surface area contributed by atoms with Crippen molar-refractivity contribution < 1.29 is 19.0 Å². The molecule has 1 N–H and O–H groups in total. The van der Waals surface area contributed by atoms with E-state index in [0.717, 1.165) is 5.56 Å².